The molecule has 168 valence electrons. The van der Waals surface area contributed by atoms with Gasteiger partial charge in [0.05, 0.1) is 5.60 Å². The second-order valence-electron chi connectivity index (χ2n) is 12.1. The van der Waals surface area contributed by atoms with Crippen molar-refractivity contribution in [1.29, 1.82) is 0 Å². The van der Waals surface area contributed by atoms with Gasteiger partial charge in [-0.25, -0.2) is 0 Å². The zero-order valence-electron chi connectivity index (χ0n) is 19.0. The largest absolute Gasteiger partial charge is 0.504 e. The lowest BCUT2D eigenvalue weighted by atomic mass is 9.34. The molecule has 4 bridgehead atoms. The summed E-state index contributed by atoms with van der Waals surface area (Å²) in [6.45, 7) is 6.23. The van der Waals surface area contributed by atoms with Gasteiger partial charge in [0.15, 0.2) is 11.5 Å². The molecule has 8 rings (SSSR count). The standard InChI is InChI=1S/C26H35NO4/c1-23(2,29)18-13-24-8-9-26(18,30-3)22-25(24)10-11-27(14-15-4-5-15)19(24)12-16-6-7-17(28)21(31-22)20(16)25/h6-7,15,18-19,22,28-29H,4-5,8-14H2,1-3H3/t18-,19-,22-,24?,25+,26?/m1/s1. The van der Waals surface area contributed by atoms with E-state index < -0.39 is 11.2 Å². The highest BCUT2D eigenvalue weighted by molar-refractivity contribution is 5.63. The van der Waals surface area contributed by atoms with E-state index in [2.05, 4.69) is 11.0 Å². The maximum absolute atomic E-state index is 11.4. The van der Waals surface area contributed by atoms with Crippen LogP contribution >= 0.6 is 0 Å². The van der Waals surface area contributed by atoms with E-state index in [0.29, 0.717) is 11.8 Å². The van der Waals surface area contributed by atoms with Crippen LogP contribution in [0.5, 0.6) is 11.5 Å². The van der Waals surface area contributed by atoms with E-state index in [1.54, 1.807) is 0 Å². The zero-order chi connectivity index (χ0) is 21.4. The van der Waals surface area contributed by atoms with E-state index in [4.69, 9.17) is 9.47 Å². The number of likely N-dealkylation sites (tertiary alicyclic amines) is 1. The average Bonchev–Trinajstić information content (AvgIpc) is 3.47. The molecule has 1 aromatic rings. The topological polar surface area (TPSA) is 62.2 Å². The fourth-order valence-electron chi connectivity index (χ4n) is 9.23. The normalized spacial score (nSPS) is 44.8. The van der Waals surface area contributed by atoms with Gasteiger partial charge < -0.3 is 19.7 Å². The number of rotatable bonds is 4. The van der Waals surface area contributed by atoms with Gasteiger partial charge in [-0.3, -0.25) is 4.90 Å². The smallest absolute Gasteiger partial charge is 0.165 e. The van der Waals surface area contributed by atoms with Crippen molar-refractivity contribution in [2.45, 2.75) is 87.6 Å². The Balaban J connectivity index is 1.49. The van der Waals surface area contributed by atoms with E-state index in [-0.39, 0.29) is 28.6 Å². The van der Waals surface area contributed by atoms with Crippen LogP contribution in [-0.2, 0) is 16.6 Å². The summed E-state index contributed by atoms with van der Waals surface area (Å²) < 4.78 is 13.2. The molecule has 6 atom stereocenters. The molecule has 2 heterocycles. The molecule has 2 spiro atoms. The third-order valence-electron chi connectivity index (χ3n) is 10.5. The number of nitrogens with zero attached hydrogens (tertiary/aromatic N) is 1. The number of aliphatic hydroxyl groups is 1. The molecule has 2 aliphatic heterocycles. The van der Waals surface area contributed by atoms with E-state index in [1.807, 2.05) is 27.0 Å². The van der Waals surface area contributed by atoms with E-state index in [0.717, 1.165) is 44.6 Å². The summed E-state index contributed by atoms with van der Waals surface area (Å²) >= 11 is 0. The maximum Gasteiger partial charge on any atom is 0.165 e. The van der Waals surface area contributed by atoms with Crippen LogP contribution in [0.2, 0.25) is 0 Å². The Bertz CT molecular complexity index is 967. The number of methoxy groups -OCH3 is 1. The maximum atomic E-state index is 11.4. The van der Waals surface area contributed by atoms with Gasteiger partial charge in [-0.05, 0) is 82.9 Å². The number of phenols is 1. The van der Waals surface area contributed by atoms with Crippen LogP contribution in [0.15, 0.2) is 12.1 Å². The number of benzene rings is 1. The van der Waals surface area contributed by atoms with Crippen LogP contribution in [0.1, 0.15) is 63.5 Å². The fraction of sp³-hybridized carbons (Fsp3) is 0.769. The van der Waals surface area contributed by atoms with Gasteiger partial charge in [0, 0.05) is 42.0 Å². The number of hydrogen-bond donors (Lipinski definition) is 2. The molecule has 1 saturated heterocycles. The van der Waals surface area contributed by atoms with Crippen LogP contribution < -0.4 is 4.74 Å². The van der Waals surface area contributed by atoms with Crippen LogP contribution in [0.25, 0.3) is 0 Å². The number of hydrogen-bond acceptors (Lipinski definition) is 5. The van der Waals surface area contributed by atoms with Crippen LogP contribution in [0.4, 0.5) is 0 Å². The van der Waals surface area contributed by atoms with Gasteiger partial charge in [0.25, 0.3) is 0 Å². The Morgan fingerprint density at radius 1 is 1.23 bits per heavy atom. The lowest BCUT2D eigenvalue weighted by molar-refractivity contribution is -0.300. The van der Waals surface area contributed by atoms with Gasteiger partial charge in [-0.15, -0.1) is 0 Å². The minimum absolute atomic E-state index is 0.0123. The molecule has 0 aromatic heterocycles. The number of ether oxygens (including phenoxy) is 2. The van der Waals surface area contributed by atoms with Crippen molar-refractivity contribution in [3.8, 4) is 11.5 Å². The Labute approximate surface area is 184 Å². The first-order chi connectivity index (χ1) is 14.8. The Hall–Kier alpha value is -1.30. The van der Waals surface area contributed by atoms with Crippen molar-refractivity contribution < 1.29 is 19.7 Å². The molecule has 31 heavy (non-hydrogen) atoms. The summed E-state index contributed by atoms with van der Waals surface area (Å²) in [6, 6.07) is 4.46. The number of aromatic hydroxyl groups is 1. The van der Waals surface area contributed by atoms with Gasteiger partial charge >= 0.3 is 0 Å². The average molecular weight is 426 g/mol. The predicted octanol–water partition coefficient (Wildman–Crippen LogP) is 3.39. The van der Waals surface area contributed by atoms with Crippen LogP contribution in [-0.4, -0.2) is 58.7 Å². The second-order valence-corrected chi connectivity index (χ2v) is 12.1. The van der Waals surface area contributed by atoms with Gasteiger partial charge in [-0.1, -0.05) is 6.07 Å². The molecule has 5 heteroatoms. The van der Waals surface area contributed by atoms with Crippen molar-refractivity contribution in [2.24, 2.45) is 17.3 Å². The summed E-state index contributed by atoms with van der Waals surface area (Å²) in [6.07, 6.45) is 7.72. The first-order valence-electron chi connectivity index (χ1n) is 12.3. The lowest BCUT2D eigenvalue weighted by Gasteiger charge is -2.75. The molecular weight excluding hydrogens is 390 g/mol. The van der Waals surface area contributed by atoms with Crippen molar-refractivity contribution >= 4 is 0 Å². The molecule has 1 aromatic carbocycles. The van der Waals surface area contributed by atoms with Crippen LogP contribution in [0, 0.1) is 17.3 Å². The quantitative estimate of drug-likeness (QED) is 0.774. The van der Waals surface area contributed by atoms with E-state index >= 15 is 0 Å². The predicted molar refractivity (Wildman–Crippen MR) is 116 cm³/mol. The molecule has 0 radical (unpaired) electrons. The van der Waals surface area contributed by atoms with Crippen molar-refractivity contribution in [2.75, 3.05) is 20.2 Å². The molecule has 2 N–H and O–H groups in total. The highest BCUT2D eigenvalue weighted by Crippen LogP contribution is 2.77. The third kappa shape index (κ3) is 2.02. The molecular formula is C26H35NO4. The van der Waals surface area contributed by atoms with E-state index in [1.165, 1.54) is 30.5 Å². The Morgan fingerprint density at radius 2 is 2.03 bits per heavy atom. The molecule has 5 fully saturated rings. The van der Waals surface area contributed by atoms with Crippen molar-refractivity contribution in [3.05, 3.63) is 23.3 Å². The number of piperidine rings is 1. The highest BCUT2D eigenvalue weighted by Gasteiger charge is 2.81. The number of fused-ring (bicyclic) bond motifs is 2. The highest BCUT2D eigenvalue weighted by atomic mass is 16.6. The number of phenolic OH excluding ortho intramolecular Hbond substituents is 1. The monoisotopic (exact) mass is 425 g/mol. The fourth-order valence-corrected chi connectivity index (χ4v) is 9.23. The first-order valence-corrected chi connectivity index (χ1v) is 12.3. The van der Waals surface area contributed by atoms with Crippen molar-refractivity contribution in [3.63, 3.8) is 0 Å². The minimum atomic E-state index is -0.846. The molecule has 5 aliphatic carbocycles. The molecule has 5 nitrogen and oxygen atoms in total. The summed E-state index contributed by atoms with van der Waals surface area (Å²) in [4.78, 5) is 2.81. The molecule has 7 aliphatic rings. The van der Waals surface area contributed by atoms with E-state index in [9.17, 15) is 10.2 Å². The SMILES string of the molecule is COC12CCC3(C[C@@H]1C(C)(C)O)[C@H]1Cc4ccc(O)c5c4[C@@]3(CCN1CC1CC1)[C@H]2O5. The Kier molecular flexibility index (Phi) is 3.47. The molecule has 4 saturated carbocycles. The third-order valence-corrected chi connectivity index (χ3v) is 10.5. The summed E-state index contributed by atoms with van der Waals surface area (Å²) in [5.74, 6) is 1.86. The minimum Gasteiger partial charge on any atom is -0.504 e. The molecule has 2 unspecified atom stereocenters. The summed E-state index contributed by atoms with van der Waals surface area (Å²) in [5, 5.41) is 22.2. The van der Waals surface area contributed by atoms with Gasteiger partial charge in [0.1, 0.15) is 11.7 Å². The van der Waals surface area contributed by atoms with Gasteiger partial charge in [0.2, 0.25) is 0 Å². The summed E-state index contributed by atoms with van der Waals surface area (Å²) in [5.41, 5.74) is 1.24. The zero-order valence-corrected chi connectivity index (χ0v) is 19.0. The van der Waals surface area contributed by atoms with Gasteiger partial charge in [-0.2, -0.15) is 0 Å². The Morgan fingerprint density at radius 3 is 2.74 bits per heavy atom. The first kappa shape index (κ1) is 19.2. The van der Waals surface area contributed by atoms with Crippen LogP contribution in [0.3, 0.4) is 0 Å². The summed E-state index contributed by atoms with van der Waals surface area (Å²) in [7, 11) is 1.81. The second kappa shape index (κ2) is 5.60. The molecule has 0 amide bonds. The lowest BCUT2D eigenvalue weighted by Crippen LogP contribution is -2.82. The van der Waals surface area contributed by atoms with Crippen molar-refractivity contribution in [1.82, 2.24) is 4.90 Å².